The third kappa shape index (κ3) is 18.2. The van der Waals surface area contributed by atoms with Crippen LogP contribution in [0.1, 0.15) is 179 Å². The fourth-order valence-corrected chi connectivity index (χ4v) is 7.42. The Balaban J connectivity index is 0.00000924. The van der Waals surface area contributed by atoms with Gasteiger partial charge in [0.05, 0.1) is 4.90 Å². The third-order valence-corrected chi connectivity index (χ3v) is 9.99. The summed E-state index contributed by atoms with van der Waals surface area (Å²) in [4.78, 5) is 0.0274. The average molecular weight is 639 g/mol. The van der Waals surface area contributed by atoms with Gasteiger partial charge in [-0.15, -0.1) is 0 Å². The van der Waals surface area contributed by atoms with Gasteiger partial charge >= 0.3 is 51.4 Å². The fourth-order valence-electron chi connectivity index (χ4n) is 6.49. The molecule has 2 aromatic carbocycles. The second-order valence-corrected chi connectivity index (χ2v) is 14.1. The summed E-state index contributed by atoms with van der Waals surface area (Å²) < 4.78 is 37.2. The van der Waals surface area contributed by atoms with Crippen LogP contribution in [0, 0.1) is 0 Å². The molecule has 2 aromatic rings. The van der Waals surface area contributed by atoms with Crippen molar-refractivity contribution in [1.29, 1.82) is 0 Å². The Kier molecular flexibility index (Phi) is 25.3. The number of hydrogen-bond acceptors (Lipinski definition) is 3. The van der Waals surface area contributed by atoms with Gasteiger partial charge < -0.3 is 4.55 Å². The standard InChI is InChI=1S/C38H64O3S.K/c1-3-5-7-9-11-13-15-17-19-21-23-25-29-34-33-35(38(42(39,40)41)37-32-28-27-31-36(34)37)30-26-24-22-20-18-16-14-12-10-8-6-4-2;/h27-28,31-33H,3-26,29-30H2,1-2H3,(H,39,40,41);/q;+1/p-1. The summed E-state index contributed by atoms with van der Waals surface area (Å²) >= 11 is 0. The molecule has 0 aliphatic rings. The van der Waals surface area contributed by atoms with E-state index in [-0.39, 0.29) is 56.3 Å². The van der Waals surface area contributed by atoms with Crippen molar-refractivity contribution in [1.82, 2.24) is 0 Å². The van der Waals surface area contributed by atoms with E-state index in [1.807, 2.05) is 24.3 Å². The zero-order chi connectivity index (χ0) is 30.3. The number of hydrogen-bond donors (Lipinski definition) is 0. The van der Waals surface area contributed by atoms with Gasteiger partial charge in [0, 0.05) is 0 Å². The Morgan fingerprint density at radius 1 is 0.488 bits per heavy atom. The number of rotatable bonds is 27. The van der Waals surface area contributed by atoms with E-state index in [0.717, 1.165) is 36.6 Å². The van der Waals surface area contributed by atoms with E-state index in [2.05, 4.69) is 19.9 Å². The van der Waals surface area contributed by atoms with Crippen molar-refractivity contribution in [3.63, 3.8) is 0 Å². The van der Waals surface area contributed by atoms with Gasteiger partial charge in [-0.05, 0) is 47.6 Å². The molecule has 5 heteroatoms. The van der Waals surface area contributed by atoms with Crippen molar-refractivity contribution in [2.45, 2.75) is 186 Å². The molecule has 0 unspecified atom stereocenters. The van der Waals surface area contributed by atoms with Crippen molar-refractivity contribution < 1.29 is 64.4 Å². The molecular formula is C38H63KO3S. The molecule has 0 radical (unpaired) electrons. The Morgan fingerprint density at radius 3 is 1.19 bits per heavy atom. The zero-order valence-corrected chi connectivity index (χ0v) is 32.3. The van der Waals surface area contributed by atoms with Crippen LogP contribution in [0.5, 0.6) is 0 Å². The van der Waals surface area contributed by atoms with Crippen LogP contribution in [-0.4, -0.2) is 13.0 Å². The molecule has 0 heterocycles. The molecule has 0 spiro atoms. The maximum Gasteiger partial charge on any atom is 1.00 e. The van der Waals surface area contributed by atoms with Crippen molar-refractivity contribution in [2.75, 3.05) is 0 Å². The Labute approximate surface area is 309 Å². The topological polar surface area (TPSA) is 57.2 Å². The summed E-state index contributed by atoms with van der Waals surface area (Å²) in [5, 5.41) is 1.56. The SMILES string of the molecule is CCCCCCCCCCCCCCc1cc(CCCCCCCCCCCCCC)c2ccccc2c1S(=O)(=O)[O-].[K+]. The van der Waals surface area contributed by atoms with E-state index in [0.29, 0.717) is 11.8 Å². The second kappa shape index (κ2) is 26.3. The van der Waals surface area contributed by atoms with E-state index in [4.69, 9.17) is 0 Å². The molecule has 2 rings (SSSR count). The fraction of sp³-hybridized carbons (Fsp3) is 0.737. The van der Waals surface area contributed by atoms with Gasteiger partial charge in [0.15, 0.2) is 0 Å². The first kappa shape index (κ1) is 41.3. The van der Waals surface area contributed by atoms with E-state index in [1.54, 1.807) is 0 Å². The summed E-state index contributed by atoms with van der Waals surface area (Å²) in [6.45, 7) is 4.54. The molecule has 3 nitrogen and oxygen atoms in total. The van der Waals surface area contributed by atoms with E-state index < -0.39 is 10.1 Å². The molecule has 43 heavy (non-hydrogen) atoms. The van der Waals surface area contributed by atoms with Gasteiger partial charge in [0.2, 0.25) is 0 Å². The van der Waals surface area contributed by atoms with Crippen LogP contribution in [0.3, 0.4) is 0 Å². The minimum atomic E-state index is -4.54. The normalized spacial score (nSPS) is 11.7. The minimum absolute atomic E-state index is 0. The molecule has 0 saturated carbocycles. The maximum absolute atomic E-state index is 12.4. The van der Waals surface area contributed by atoms with Crippen molar-refractivity contribution in [3.8, 4) is 0 Å². The molecule has 0 N–H and O–H groups in total. The summed E-state index contributed by atoms with van der Waals surface area (Å²) in [5.74, 6) is 0. The molecule has 0 aromatic heterocycles. The molecule has 240 valence electrons. The first-order chi connectivity index (χ1) is 20.5. The molecule has 0 aliphatic carbocycles. The van der Waals surface area contributed by atoms with Gasteiger partial charge in [-0.3, -0.25) is 0 Å². The number of aryl methyl sites for hydroxylation is 2. The van der Waals surface area contributed by atoms with Gasteiger partial charge in [-0.25, -0.2) is 8.42 Å². The van der Waals surface area contributed by atoms with Crippen LogP contribution < -0.4 is 51.4 Å². The first-order valence-corrected chi connectivity index (χ1v) is 19.4. The van der Waals surface area contributed by atoms with Gasteiger partial charge in [-0.1, -0.05) is 185 Å². The molecule has 0 saturated heterocycles. The quantitative estimate of drug-likeness (QED) is 0.0557. The van der Waals surface area contributed by atoms with Crippen LogP contribution in [0.4, 0.5) is 0 Å². The largest absolute Gasteiger partial charge is 1.00 e. The van der Waals surface area contributed by atoms with E-state index in [9.17, 15) is 13.0 Å². The van der Waals surface area contributed by atoms with Crippen LogP contribution in [0.2, 0.25) is 0 Å². The average Bonchev–Trinajstić information content (AvgIpc) is 2.97. The molecule has 0 fully saturated rings. The van der Waals surface area contributed by atoms with Gasteiger partial charge in [0.1, 0.15) is 10.1 Å². The Morgan fingerprint density at radius 2 is 0.814 bits per heavy atom. The van der Waals surface area contributed by atoms with Crippen LogP contribution in [0.25, 0.3) is 10.8 Å². The molecule has 0 atom stereocenters. The maximum atomic E-state index is 12.4. The first-order valence-electron chi connectivity index (χ1n) is 18.0. The second-order valence-electron chi connectivity index (χ2n) is 12.8. The van der Waals surface area contributed by atoms with Crippen molar-refractivity contribution in [2.24, 2.45) is 0 Å². The summed E-state index contributed by atoms with van der Waals surface area (Å²) in [6, 6.07) is 9.70. The summed E-state index contributed by atoms with van der Waals surface area (Å²) in [6.07, 6.45) is 32.8. The Hall–Kier alpha value is 0.246. The monoisotopic (exact) mass is 638 g/mol. The molecular weight excluding hydrogens is 576 g/mol. The van der Waals surface area contributed by atoms with Crippen LogP contribution in [0.15, 0.2) is 35.2 Å². The van der Waals surface area contributed by atoms with E-state index >= 15 is 0 Å². The van der Waals surface area contributed by atoms with Gasteiger partial charge in [-0.2, -0.15) is 0 Å². The van der Waals surface area contributed by atoms with Crippen LogP contribution in [-0.2, 0) is 23.0 Å². The number of fused-ring (bicyclic) bond motifs is 1. The number of benzene rings is 2. The predicted octanol–water partition coefficient (Wildman–Crippen LogP) is 9.24. The molecule has 0 amide bonds. The predicted molar refractivity (Wildman–Crippen MR) is 181 cm³/mol. The Bertz CT molecular complexity index is 1070. The van der Waals surface area contributed by atoms with Gasteiger partial charge in [0.25, 0.3) is 0 Å². The summed E-state index contributed by atoms with van der Waals surface area (Å²) in [7, 11) is -4.54. The van der Waals surface area contributed by atoms with Crippen LogP contribution >= 0.6 is 0 Å². The smallest absolute Gasteiger partial charge is 0.744 e. The van der Waals surface area contributed by atoms with Crippen molar-refractivity contribution >= 4 is 20.9 Å². The van der Waals surface area contributed by atoms with Crippen molar-refractivity contribution in [3.05, 3.63) is 41.5 Å². The molecule has 0 bridgehead atoms. The molecule has 0 aliphatic heterocycles. The zero-order valence-electron chi connectivity index (χ0n) is 28.4. The number of unbranched alkanes of at least 4 members (excludes halogenated alkanes) is 22. The summed E-state index contributed by atoms with van der Waals surface area (Å²) in [5.41, 5.74) is 1.95. The minimum Gasteiger partial charge on any atom is -0.744 e. The van der Waals surface area contributed by atoms with E-state index in [1.165, 1.54) is 140 Å². The third-order valence-electron chi connectivity index (χ3n) is 9.01.